The van der Waals surface area contributed by atoms with Gasteiger partial charge in [-0.05, 0) is 38.1 Å². The van der Waals surface area contributed by atoms with E-state index in [9.17, 15) is 18.4 Å². The van der Waals surface area contributed by atoms with Crippen molar-refractivity contribution < 1.29 is 18.4 Å². The molecular formula is C20H17F2N5O2S2. The van der Waals surface area contributed by atoms with Gasteiger partial charge in [-0.15, -0.1) is 22.7 Å². The summed E-state index contributed by atoms with van der Waals surface area (Å²) in [5.74, 6) is -1.33. The SMILES string of the molecule is CCn1ccc(C(=O)Nc2c(C(N)=O)sc3nc(C(F)F)cc(-c4ccc(C)s4)c23)n1. The van der Waals surface area contributed by atoms with Crippen molar-refractivity contribution in [3.8, 4) is 10.4 Å². The zero-order chi connectivity index (χ0) is 22.3. The Morgan fingerprint density at radius 1 is 1.26 bits per heavy atom. The lowest BCUT2D eigenvalue weighted by atomic mass is 10.1. The molecular weight excluding hydrogens is 444 g/mol. The molecule has 0 saturated heterocycles. The first kappa shape index (κ1) is 21.1. The molecule has 0 spiro atoms. The maximum absolute atomic E-state index is 13.5. The predicted octanol–water partition coefficient (Wildman–Crippen LogP) is 4.84. The number of aromatic nitrogens is 3. The quantitative estimate of drug-likeness (QED) is 0.429. The lowest BCUT2D eigenvalue weighted by molar-refractivity contribution is 0.100. The van der Waals surface area contributed by atoms with Crippen LogP contribution in [0.1, 0.15) is 44.1 Å². The first-order valence-corrected chi connectivity index (χ1v) is 10.9. The number of nitrogens with two attached hydrogens (primary N) is 1. The summed E-state index contributed by atoms with van der Waals surface area (Å²) in [6, 6.07) is 6.51. The number of amides is 2. The molecule has 0 atom stereocenters. The van der Waals surface area contributed by atoms with Crippen molar-refractivity contribution in [2.45, 2.75) is 26.8 Å². The molecule has 4 rings (SSSR count). The number of carbonyl (C=O) groups excluding carboxylic acids is 2. The van der Waals surface area contributed by atoms with Gasteiger partial charge >= 0.3 is 0 Å². The number of fused-ring (bicyclic) bond motifs is 1. The molecule has 0 radical (unpaired) electrons. The predicted molar refractivity (Wildman–Crippen MR) is 117 cm³/mol. The van der Waals surface area contributed by atoms with Gasteiger partial charge in [0.15, 0.2) is 5.69 Å². The van der Waals surface area contributed by atoms with Gasteiger partial charge in [0.2, 0.25) is 0 Å². The molecule has 0 aliphatic carbocycles. The number of rotatable bonds is 6. The van der Waals surface area contributed by atoms with E-state index >= 15 is 0 Å². The van der Waals surface area contributed by atoms with Gasteiger partial charge in [-0.25, -0.2) is 13.8 Å². The number of alkyl halides is 2. The van der Waals surface area contributed by atoms with Gasteiger partial charge in [-0.3, -0.25) is 14.3 Å². The van der Waals surface area contributed by atoms with Crippen LogP contribution in [-0.4, -0.2) is 26.6 Å². The molecule has 0 aromatic carbocycles. The van der Waals surface area contributed by atoms with Crippen molar-refractivity contribution in [2.75, 3.05) is 5.32 Å². The number of carbonyl (C=O) groups is 2. The van der Waals surface area contributed by atoms with Crippen molar-refractivity contribution in [3.05, 3.63) is 51.6 Å². The van der Waals surface area contributed by atoms with Crippen LogP contribution in [0.4, 0.5) is 14.5 Å². The van der Waals surface area contributed by atoms with E-state index in [0.29, 0.717) is 22.4 Å². The number of nitrogens with one attached hydrogen (secondary N) is 1. The molecule has 0 saturated carbocycles. The molecule has 4 heterocycles. The van der Waals surface area contributed by atoms with Crippen LogP contribution < -0.4 is 11.1 Å². The Bertz CT molecular complexity index is 1310. The fraction of sp³-hybridized carbons (Fsp3) is 0.200. The normalized spacial score (nSPS) is 11.4. The van der Waals surface area contributed by atoms with Gasteiger partial charge in [-0.1, -0.05) is 0 Å². The van der Waals surface area contributed by atoms with Gasteiger partial charge in [0.05, 0.1) is 5.69 Å². The third kappa shape index (κ3) is 3.93. The summed E-state index contributed by atoms with van der Waals surface area (Å²) in [7, 11) is 0. The van der Waals surface area contributed by atoms with E-state index in [2.05, 4.69) is 15.4 Å². The summed E-state index contributed by atoms with van der Waals surface area (Å²) in [4.78, 5) is 30.9. The van der Waals surface area contributed by atoms with E-state index in [4.69, 9.17) is 5.73 Å². The van der Waals surface area contributed by atoms with Crippen LogP contribution in [0.2, 0.25) is 0 Å². The van der Waals surface area contributed by atoms with Crippen molar-refractivity contribution in [2.24, 2.45) is 5.73 Å². The lowest BCUT2D eigenvalue weighted by Gasteiger charge is -2.09. The summed E-state index contributed by atoms with van der Waals surface area (Å²) >= 11 is 2.28. The van der Waals surface area contributed by atoms with E-state index in [-0.39, 0.29) is 21.1 Å². The van der Waals surface area contributed by atoms with Gasteiger partial charge < -0.3 is 11.1 Å². The van der Waals surface area contributed by atoms with E-state index in [1.165, 1.54) is 17.4 Å². The average Bonchev–Trinajstić information content (AvgIpc) is 3.45. The third-order valence-electron chi connectivity index (χ3n) is 4.57. The number of pyridine rings is 1. The van der Waals surface area contributed by atoms with Gasteiger partial charge in [-0.2, -0.15) is 5.10 Å². The molecule has 160 valence electrons. The van der Waals surface area contributed by atoms with Crippen LogP contribution in [-0.2, 0) is 6.54 Å². The molecule has 4 aromatic heterocycles. The molecule has 0 bridgehead atoms. The summed E-state index contributed by atoms with van der Waals surface area (Å²) in [6.07, 6.45) is -1.13. The van der Waals surface area contributed by atoms with E-state index < -0.39 is 23.9 Å². The van der Waals surface area contributed by atoms with Crippen LogP contribution in [0.3, 0.4) is 0 Å². The standard InChI is InChI=1S/C20H17F2N5O2S2/c1-3-27-7-6-11(26-27)19(29)25-15-14-10(13-5-4-9(2)30-13)8-12(17(21)22)24-20(14)31-16(15)18(23)28/h4-8,17H,3H2,1-2H3,(H2,23,28)(H,25,29). The minimum absolute atomic E-state index is 0.0340. The van der Waals surface area contributed by atoms with Crippen LogP contribution in [0.25, 0.3) is 20.7 Å². The highest BCUT2D eigenvalue weighted by atomic mass is 32.1. The Hall–Kier alpha value is -3.18. The number of hydrogen-bond donors (Lipinski definition) is 2. The van der Waals surface area contributed by atoms with Crippen LogP contribution in [0.15, 0.2) is 30.5 Å². The van der Waals surface area contributed by atoms with Crippen LogP contribution in [0.5, 0.6) is 0 Å². The minimum Gasteiger partial charge on any atom is -0.365 e. The van der Waals surface area contributed by atoms with Crippen molar-refractivity contribution in [1.82, 2.24) is 14.8 Å². The summed E-state index contributed by atoms with van der Waals surface area (Å²) < 4.78 is 28.6. The lowest BCUT2D eigenvalue weighted by Crippen LogP contribution is -2.17. The number of primary amides is 1. The summed E-state index contributed by atoms with van der Waals surface area (Å²) in [5, 5.41) is 7.27. The van der Waals surface area contributed by atoms with Crippen molar-refractivity contribution in [3.63, 3.8) is 0 Å². The molecule has 11 heteroatoms. The third-order valence-corrected chi connectivity index (χ3v) is 6.70. The van der Waals surface area contributed by atoms with Crippen molar-refractivity contribution in [1.29, 1.82) is 0 Å². The monoisotopic (exact) mass is 461 g/mol. The number of aryl methyl sites for hydroxylation is 2. The molecule has 4 aromatic rings. The highest BCUT2D eigenvalue weighted by Crippen LogP contribution is 2.44. The fourth-order valence-corrected chi connectivity index (χ4v) is 5.04. The second-order valence-corrected chi connectivity index (χ2v) is 8.95. The number of halogens is 2. The Kier molecular flexibility index (Phi) is 5.54. The molecule has 7 nitrogen and oxygen atoms in total. The zero-order valence-corrected chi connectivity index (χ0v) is 18.1. The highest BCUT2D eigenvalue weighted by Gasteiger charge is 2.26. The van der Waals surface area contributed by atoms with E-state index in [1.54, 1.807) is 23.0 Å². The first-order valence-electron chi connectivity index (χ1n) is 9.25. The van der Waals surface area contributed by atoms with E-state index in [0.717, 1.165) is 16.2 Å². The van der Waals surface area contributed by atoms with Gasteiger partial charge in [0, 0.05) is 33.4 Å². The topological polar surface area (TPSA) is 103 Å². The summed E-state index contributed by atoms with van der Waals surface area (Å²) in [5.41, 5.74) is 5.89. The second-order valence-electron chi connectivity index (χ2n) is 6.67. The molecule has 0 aliphatic heterocycles. The zero-order valence-electron chi connectivity index (χ0n) is 16.5. The maximum Gasteiger partial charge on any atom is 0.280 e. The molecule has 3 N–H and O–H groups in total. The Morgan fingerprint density at radius 2 is 2.03 bits per heavy atom. The fourth-order valence-electron chi connectivity index (χ4n) is 3.13. The second kappa shape index (κ2) is 8.16. The van der Waals surface area contributed by atoms with Crippen LogP contribution >= 0.6 is 22.7 Å². The number of nitrogens with zero attached hydrogens (tertiary/aromatic N) is 3. The maximum atomic E-state index is 13.5. The van der Waals surface area contributed by atoms with Gasteiger partial charge in [0.1, 0.15) is 15.4 Å². The Morgan fingerprint density at radius 3 is 2.61 bits per heavy atom. The molecule has 0 unspecified atom stereocenters. The Balaban J connectivity index is 1.93. The number of hydrogen-bond acceptors (Lipinski definition) is 6. The smallest absolute Gasteiger partial charge is 0.280 e. The highest BCUT2D eigenvalue weighted by molar-refractivity contribution is 7.21. The van der Waals surface area contributed by atoms with E-state index in [1.807, 2.05) is 19.9 Å². The first-order chi connectivity index (χ1) is 14.8. The summed E-state index contributed by atoms with van der Waals surface area (Å²) in [6.45, 7) is 4.37. The van der Waals surface area contributed by atoms with Crippen LogP contribution in [0, 0.1) is 6.92 Å². The van der Waals surface area contributed by atoms with Crippen molar-refractivity contribution >= 4 is 50.4 Å². The molecule has 2 amide bonds. The van der Waals surface area contributed by atoms with Gasteiger partial charge in [0.25, 0.3) is 18.2 Å². The molecule has 31 heavy (non-hydrogen) atoms. The molecule has 0 fully saturated rings. The average molecular weight is 462 g/mol. The minimum atomic E-state index is -2.79. The largest absolute Gasteiger partial charge is 0.365 e. The Labute approximate surface area is 183 Å². The number of thiophene rings is 2. The molecule has 0 aliphatic rings. The number of anilines is 1.